The van der Waals surface area contributed by atoms with Crippen LogP contribution in [-0.4, -0.2) is 101 Å². The molecule has 2 aliphatic heterocycles. The lowest BCUT2D eigenvalue weighted by molar-refractivity contribution is -0.387. The van der Waals surface area contributed by atoms with Crippen molar-refractivity contribution >= 4 is 99.5 Å². The number of nitrogens with zero attached hydrogens (tertiary/aromatic N) is 4. The number of alkyl halides is 3. The maximum absolute atomic E-state index is 13.1. The molecule has 62 heavy (non-hydrogen) atoms. The minimum atomic E-state index is -5.08. The van der Waals surface area contributed by atoms with Crippen molar-refractivity contribution in [3.05, 3.63) is 124 Å². The first-order chi connectivity index (χ1) is 29.4. The minimum Gasteiger partial charge on any atom is -0.475 e. The summed E-state index contributed by atoms with van der Waals surface area (Å²) < 4.78 is 31.7. The van der Waals surface area contributed by atoms with Crippen LogP contribution in [0.25, 0.3) is 34.4 Å². The standard InChI is InChI=1S/C38H32Cl4N6O6S.C2HF3O2/c39-25-5-7-27(29(41)21-25)35-23(3-11-33(49)45-17-13-43-14-18-45)1-9-31(37(35)47(51)52)55-32-10-2-24(4-12-34(50)46-19-15-44-16-20-46)36(38(32)48(53)54)28-8-6-26(40)22-30(28)42;3-2(4,5)1(6)7/h1-12,21-22,43-44H,13-20H2;(H,6,7)/b11-3+,12-4+;. The number of halogens is 7. The predicted octanol–water partition coefficient (Wildman–Crippen LogP) is 9.13. The van der Waals surface area contributed by atoms with Gasteiger partial charge in [-0.2, -0.15) is 13.2 Å². The summed E-state index contributed by atoms with van der Waals surface area (Å²) in [5.74, 6) is -3.28. The van der Waals surface area contributed by atoms with Gasteiger partial charge < -0.3 is 25.5 Å². The van der Waals surface area contributed by atoms with Gasteiger partial charge in [-0.25, -0.2) is 4.79 Å². The summed E-state index contributed by atoms with van der Waals surface area (Å²) in [6, 6.07) is 15.2. The van der Waals surface area contributed by atoms with Crippen LogP contribution in [0.2, 0.25) is 20.1 Å². The van der Waals surface area contributed by atoms with Gasteiger partial charge in [0.15, 0.2) is 0 Å². The van der Waals surface area contributed by atoms with Gasteiger partial charge in [0.25, 0.3) is 11.4 Å². The molecule has 0 aliphatic carbocycles. The van der Waals surface area contributed by atoms with E-state index in [1.54, 1.807) is 34.1 Å². The van der Waals surface area contributed by atoms with Crippen molar-refractivity contribution < 1.29 is 42.5 Å². The molecule has 0 bridgehead atoms. The van der Waals surface area contributed by atoms with E-state index in [0.717, 1.165) is 11.8 Å². The number of carbonyl (C=O) groups is 3. The second-order valence-corrected chi connectivity index (χ2v) is 16.0. The Labute approximate surface area is 375 Å². The molecular weight excluding hydrogens is 923 g/mol. The number of carbonyl (C=O) groups excluding carboxylic acids is 2. The van der Waals surface area contributed by atoms with Crippen LogP contribution in [0.15, 0.2) is 82.6 Å². The summed E-state index contributed by atoms with van der Waals surface area (Å²) in [5.41, 5.74) is 0.586. The third-order valence-electron chi connectivity index (χ3n) is 9.24. The minimum absolute atomic E-state index is 0.0602. The Hall–Kier alpha value is -5.21. The number of rotatable bonds is 10. The van der Waals surface area contributed by atoms with E-state index in [2.05, 4.69) is 10.6 Å². The number of benzene rings is 4. The summed E-state index contributed by atoms with van der Waals surface area (Å²) in [6.45, 7) is 4.63. The van der Waals surface area contributed by atoms with E-state index in [9.17, 15) is 43.0 Å². The maximum Gasteiger partial charge on any atom is 0.490 e. The summed E-state index contributed by atoms with van der Waals surface area (Å²) in [4.78, 5) is 63.4. The number of nitro groups is 2. The molecule has 0 saturated carbocycles. The van der Waals surface area contributed by atoms with E-state index in [1.807, 2.05) is 0 Å². The van der Waals surface area contributed by atoms with Gasteiger partial charge in [0.1, 0.15) is 0 Å². The number of hydrogen-bond donors (Lipinski definition) is 3. The summed E-state index contributed by atoms with van der Waals surface area (Å²) in [7, 11) is 0. The predicted molar refractivity (Wildman–Crippen MR) is 232 cm³/mol. The highest BCUT2D eigenvalue weighted by atomic mass is 35.5. The van der Waals surface area contributed by atoms with Gasteiger partial charge in [-0.1, -0.05) is 82.4 Å². The topological polar surface area (TPSA) is 188 Å². The van der Waals surface area contributed by atoms with Crippen LogP contribution in [0.3, 0.4) is 0 Å². The lowest BCUT2D eigenvalue weighted by Crippen LogP contribution is -2.45. The molecule has 326 valence electrons. The molecule has 22 heteroatoms. The van der Waals surface area contributed by atoms with Crippen molar-refractivity contribution in [1.82, 2.24) is 20.4 Å². The van der Waals surface area contributed by atoms with E-state index in [1.165, 1.54) is 60.7 Å². The first-order valence-electron chi connectivity index (χ1n) is 18.2. The Kier molecular flexibility index (Phi) is 16.4. The van der Waals surface area contributed by atoms with Crippen molar-refractivity contribution in [2.24, 2.45) is 0 Å². The Morgan fingerprint density at radius 1 is 0.661 bits per heavy atom. The van der Waals surface area contributed by atoms with Gasteiger partial charge in [0.05, 0.1) is 40.8 Å². The van der Waals surface area contributed by atoms with Gasteiger partial charge in [-0.15, -0.1) is 0 Å². The number of aliphatic carboxylic acids is 1. The normalized spacial score (nSPS) is 14.4. The molecule has 14 nitrogen and oxygen atoms in total. The molecule has 0 spiro atoms. The first-order valence-corrected chi connectivity index (χ1v) is 20.6. The van der Waals surface area contributed by atoms with Gasteiger partial charge in [-0.05, 0) is 59.7 Å². The summed E-state index contributed by atoms with van der Waals surface area (Å²) >= 11 is 26.5. The number of piperazine rings is 2. The molecule has 2 saturated heterocycles. The van der Waals surface area contributed by atoms with E-state index >= 15 is 0 Å². The largest absolute Gasteiger partial charge is 0.490 e. The molecule has 0 unspecified atom stereocenters. The smallest absolute Gasteiger partial charge is 0.475 e. The summed E-state index contributed by atoms with van der Waals surface area (Å²) in [6.07, 6.45) is 0.628. The quantitative estimate of drug-likeness (QED) is 0.0782. The van der Waals surface area contributed by atoms with Crippen LogP contribution in [0.1, 0.15) is 11.1 Å². The summed E-state index contributed by atoms with van der Waals surface area (Å²) in [5, 5.41) is 40.5. The lowest BCUT2D eigenvalue weighted by atomic mass is 9.97. The third kappa shape index (κ3) is 12.0. The van der Waals surface area contributed by atoms with E-state index in [0.29, 0.717) is 73.5 Å². The fourth-order valence-corrected chi connectivity index (χ4v) is 8.41. The lowest BCUT2D eigenvalue weighted by Gasteiger charge is -2.26. The van der Waals surface area contributed by atoms with E-state index < -0.39 is 33.4 Å². The molecule has 2 amide bonds. The Morgan fingerprint density at radius 3 is 1.32 bits per heavy atom. The van der Waals surface area contributed by atoms with Gasteiger partial charge >= 0.3 is 12.1 Å². The van der Waals surface area contributed by atoms with Gasteiger partial charge in [0, 0.05) is 85.7 Å². The van der Waals surface area contributed by atoms with Crippen molar-refractivity contribution in [1.29, 1.82) is 0 Å². The highest BCUT2D eigenvalue weighted by Crippen LogP contribution is 2.50. The molecule has 2 heterocycles. The van der Waals surface area contributed by atoms with Crippen LogP contribution >= 0.6 is 58.2 Å². The highest BCUT2D eigenvalue weighted by molar-refractivity contribution is 7.99. The van der Waals surface area contributed by atoms with Crippen LogP contribution in [0, 0.1) is 20.2 Å². The molecule has 2 aliphatic rings. The van der Waals surface area contributed by atoms with Gasteiger partial charge in [-0.3, -0.25) is 29.8 Å². The van der Waals surface area contributed by atoms with Crippen LogP contribution in [-0.2, 0) is 14.4 Å². The number of nitro benzene ring substituents is 2. The van der Waals surface area contributed by atoms with Crippen LogP contribution < -0.4 is 10.6 Å². The molecule has 0 radical (unpaired) electrons. The first kappa shape index (κ1) is 47.8. The Morgan fingerprint density at radius 2 is 1.02 bits per heavy atom. The molecule has 2 fully saturated rings. The highest BCUT2D eigenvalue weighted by Gasteiger charge is 2.38. The van der Waals surface area contributed by atoms with Gasteiger partial charge in [0.2, 0.25) is 11.8 Å². The second kappa shape index (κ2) is 21.2. The molecule has 4 aromatic rings. The number of hydrogen-bond acceptors (Lipinski definition) is 10. The second-order valence-electron chi connectivity index (χ2n) is 13.2. The Bertz CT molecular complexity index is 2310. The zero-order chi connectivity index (χ0) is 45.3. The van der Waals surface area contributed by atoms with Crippen molar-refractivity contribution in [3.63, 3.8) is 0 Å². The maximum atomic E-state index is 13.1. The van der Waals surface area contributed by atoms with Crippen LogP contribution in [0.4, 0.5) is 24.5 Å². The number of amides is 2. The Balaban J connectivity index is 0.000000955. The number of nitrogens with one attached hydrogen (secondary N) is 2. The van der Waals surface area contributed by atoms with Crippen molar-refractivity contribution in [3.8, 4) is 22.3 Å². The molecule has 0 aromatic heterocycles. The monoisotopic (exact) mass is 954 g/mol. The SMILES string of the molecule is O=C(/C=C/c1ccc(Sc2ccc(/C=C/C(=O)N3CCNCC3)c(-c3ccc(Cl)cc3Cl)c2[N+](=O)[O-])c([N+](=O)[O-])c1-c1ccc(Cl)cc1Cl)N1CCNCC1.O=C(O)C(F)(F)F. The molecule has 0 atom stereocenters. The van der Waals surface area contributed by atoms with Crippen molar-refractivity contribution in [2.45, 2.75) is 16.0 Å². The third-order valence-corrected chi connectivity index (χ3v) is 11.4. The fraction of sp³-hybridized carbons (Fsp3) is 0.225. The molecule has 6 rings (SSSR count). The van der Waals surface area contributed by atoms with E-state index in [-0.39, 0.29) is 53.9 Å². The zero-order valence-corrected chi connectivity index (χ0v) is 35.7. The average molecular weight is 957 g/mol. The van der Waals surface area contributed by atoms with Crippen LogP contribution in [0.5, 0.6) is 0 Å². The molecule has 4 aromatic carbocycles. The zero-order valence-electron chi connectivity index (χ0n) is 31.9. The van der Waals surface area contributed by atoms with Crippen molar-refractivity contribution in [2.75, 3.05) is 52.4 Å². The molecular formula is C40H33Cl4F3N6O8S. The number of carboxylic acid groups (broad SMARTS) is 1. The molecule has 3 N–H and O–H groups in total. The number of carboxylic acids is 1. The fourth-order valence-electron chi connectivity index (χ4n) is 6.35. The van der Waals surface area contributed by atoms with E-state index in [4.69, 9.17) is 56.3 Å². The average Bonchev–Trinajstić information content (AvgIpc) is 3.22.